The summed E-state index contributed by atoms with van der Waals surface area (Å²) in [6.45, 7) is 0.415. The van der Waals surface area contributed by atoms with Crippen molar-refractivity contribution in [3.05, 3.63) is 87.4 Å². The van der Waals surface area contributed by atoms with E-state index in [1.807, 2.05) is 12.1 Å². The summed E-state index contributed by atoms with van der Waals surface area (Å²) in [7, 11) is 0. The minimum atomic E-state index is -0.442. The minimum absolute atomic E-state index is 0.131. The molecule has 3 aromatic carbocycles. The molecule has 0 aromatic heterocycles. The van der Waals surface area contributed by atoms with Crippen molar-refractivity contribution < 1.29 is 19.1 Å². The van der Waals surface area contributed by atoms with Crippen LogP contribution in [0.15, 0.2) is 66.7 Å². The predicted octanol–water partition coefficient (Wildman–Crippen LogP) is 5.33. The Labute approximate surface area is 223 Å². The van der Waals surface area contributed by atoms with Crippen LogP contribution >= 0.6 is 34.8 Å². The maximum absolute atomic E-state index is 12.6. The number of anilines is 2. The lowest BCUT2D eigenvalue weighted by Gasteiger charge is -2.17. The maximum Gasteiger partial charge on any atom is 0.262 e. The van der Waals surface area contributed by atoms with Crippen LogP contribution in [0.3, 0.4) is 0 Å². The SMILES string of the molecule is O=C(COc1ccc(N2C[C@@H](C(=O)NCc3ccc(Cl)cc3)CC2=O)cc1)Nc1cccc(Cl)c1Cl. The minimum Gasteiger partial charge on any atom is -0.484 e. The molecule has 0 unspecified atom stereocenters. The summed E-state index contributed by atoms with van der Waals surface area (Å²) >= 11 is 17.9. The van der Waals surface area contributed by atoms with Crippen LogP contribution in [0, 0.1) is 5.92 Å². The summed E-state index contributed by atoms with van der Waals surface area (Å²) in [6.07, 6.45) is 0.136. The number of amides is 3. The van der Waals surface area contributed by atoms with Crippen molar-refractivity contribution in [2.75, 3.05) is 23.4 Å². The molecule has 1 atom stereocenters. The first kappa shape index (κ1) is 25.8. The molecule has 4 rings (SSSR count). The van der Waals surface area contributed by atoms with Crippen molar-refractivity contribution in [2.24, 2.45) is 5.92 Å². The molecule has 1 aliphatic rings. The Morgan fingerprint density at radius 3 is 2.42 bits per heavy atom. The molecule has 1 aliphatic heterocycles. The molecule has 1 fully saturated rings. The number of nitrogens with zero attached hydrogens (tertiary/aromatic N) is 1. The van der Waals surface area contributed by atoms with E-state index in [0.717, 1.165) is 5.56 Å². The van der Waals surface area contributed by atoms with Crippen molar-refractivity contribution >= 4 is 63.9 Å². The first-order valence-corrected chi connectivity index (χ1v) is 12.2. The lowest BCUT2D eigenvalue weighted by Crippen LogP contribution is -2.32. The average molecular weight is 547 g/mol. The number of carbonyl (C=O) groups is 3. The summed E-state index contributed by atoms with van der Waals surface area (Å²) in [4.78, 5) is 38.9. The molecule has 36 heavy (non-hydrogen) atoms. The Morgan fingerprint density at radius 2 is 1.69 bits per heavy atom. The van der Waals surface area contributed by atoms with E-state index in [1.165, 1.54) is 0 Å². The normalized spacial score (nSPS) is 15.0. The Hall–Kier alpha value is -3.26. The van der Waals surface area contributed by atoms with Gasteiger partial charge in [-0.15, -0.1) is 0 Å². The van der Waals surface area contributed by atoms with Gasteiger partial charge in [0.25, 0.3) is 5.91 Å². The zero-order chi connectivity index (χ0) is 25.7. The van der Waals surface area contributed by atoms with Crippen molar-refractivity contribution in [2.45, 2.75) is 13.0 Å². The van der Waals surface area contributed by atoms with Crippen LogP contribution in [-0.2, 0) is 20.9 Å². The molecule has 10 heteroatoms. The third-order valence-electron chi connectivity index (χ3n) is 5.62. The molecule has 7 nitrogen and oxygen atoms in total. The lowest BCUT2D eigenvalue weighted by molar-refractivity contribution is -0.126. The van der Waals surface area contributed by atoms with Gasteiger partial charge in [-0.3, -0.25) is 14.4 Å². The Kier molecular flexibility index (Phi) is 8.36. The summed E-state index contributed by atoms with van der Waals surface area (Å²) in [5.74, 6) is -0.692. The van der Waals surface area contributed by atoms with Crippen LogP contribution in [0.2, 0.25) is 15.1 Å². The Morgan fingerprint density at radius 1 is 0.972 bits per heavy atom. The smallest absolute Gasteiger partial charge is 0.262 e. The largest absolute Gasteiger partial charge is 0.484 e. The zero-order valence-electron chi connectivity index (χ0n) is 19.0. The standard InChI is InChI=1S/C26H22Cl3N3O4/c27-18-6-4-16(5-7-18)13-30-26(35)17-12-24(34)32(14-17)19-8-10-20(11-9-19)36-15-23(33)31-22-3-1-2-21(28)25(22)29/h1-11,17H,12-15H2,(H,30,35)(H,31,33)/t17-/m0/s1. The highest BCUT2D eigenvalue weighted by Gasteiger charge is 2.35. The van der Waals surface area contributed by atoms with E-state index in [-0.39, 0.29) is 36.4 Å². The molecule has 0 bridgehead atoms. The molecule has 186 valence electrons. The van der Waals surface area contributed by atoms with Gasteiger partial charge in [0.15, 0.2) is 6.61 Å². The summed E-state index contributed by atoms with van der Waals surface area (Å²) < 4.78 is 5.53. The maximum atomic E-state index is 12.6. The van der Waals surface area contributed by atoms with Crippen molar-refractivity contribution in [3.63, 3.8) is 0 Å². The number of hydrogen-bond donors (Lipinski definition) is 2. The fourth-order valence-corrected chi connectivity index (χ4v) is 4.20. The third kappa shape index (κ3) is 6.49. The van der Waals surface area contributed by atoms with E-state index in [4.69, 9.17) is 39.5 Å². The summed E-state index contributed by atoms with van der Waals surface area (Å²) in [5.41, 5.74) is 1.97. The van der Waals surface area contributed by atoms with Gasteiger partial charge in [-0.25, -0.2) is 0 Å². The molecule has 0 spiro atoms. The van der Waals surface area contributed by atoms with Crippen molar-refractivity contribution in [1.29, 1.82) is 0 Å². The van der Waals surface area contributed by atoms with Crippen LogP contribution < -0.4 is 20.3 Å². The second kappa shape index (κ2) is 11.6. The molecular weight excluding hydrogens is 525 g/mol. The molecule has 0 saturated carbocycles. The fourth-order valence-electron chi connectivity index (χ4n) is 3.73. The summed E-state index contributed by atoms with van der Waals surface area (Å²) in [5, 5.41) is 6.74. The van der Waals surface area contributed by atoms with Crippen molar-refractivity contribution in [1.82, 2.24) is 5.32 Å². The van der Waals surface area contributed by atoms with E-state index in [0.29, 0.717) is 33.7 Å². The topological polar surface area (TPSA) is 87.7 Å². The Balaban J connectivity index is 1.27. The van der Waals surface area contributed by atoms with E-state index >= 15 is 0 Å². The zero-order valence-corrected chi connectivity index (χ0v) is 21.2. The number of carbonyl (C=O) groups excluding carboxylic acids is 3. The molecule has 0 aliphatic carbocycles. The van der Waals surface area contributed by atoms with Gasteiger partial charge in [0.2, 0.25) is 11.8 Å². The number of rotatable bonds is 8. The molecule has 0 radical (unpaired) electrons. The second-order valence-corrected chi connectivity index (χ2v) is 9.40. The highest BCUT2D eigenvalue weighted by Crippen LogP contribution is 2.30. The molecule has 3 aromatic rings. The van der Waals surface area contributed by atoms with Crippen LogP contribution in [0.25, 0.3) is 0 Å². The van der Waals surface area contributed by atoms with E-state index in [1.54, 1.807) is 59.5 Å². The lowest BCUT2D eigenvalue weighted by atomic mass is 10.1. The van der Waals surface area contributed by atoms with Gasteiger partial charge < -0.3 is 20.3 Å². The van der Waals surface area contributed by atoms with Gasteiger partial charge in [0, 0.05) is 30.2 Å². The first-order valence-electron chi connectivity index (χ1n) is 11.1. The van der Waals surface area contributed by atoms with E-state index in [2.05, 4.69) is 10.6 Å². The molecule has 1 saturated heterocycles. The first-order chi connectivity index (χ1) is 17.3. The number of ether oxygens (including phenoxy) is 1. The van der Waals surface area contributed by atoms with Gasteiger partial charge in [-0.2, -0.15) is 0 Å². The molecule has 3 amide bonds. The van der Waals surface area contributed by atoms with Gasteiger partial charge >= 0.3 is 0 Å². The Bertz CT molecular complexity index is 1270. The van der Waals surface area contributed by atoms with E-state index in [9.17, 15) is 14.4 Å². The van der Waals surface area contributed by atoms with Crippen LogP contribution in [-0.4, -0.2) is 30.9 Å². The number of halogens is 3. The van der Waals surface area contributed by atoms with Crippen LogP contribution in [0.1, 0.15) is 12.0 Å². The molecule has 2 N–H and O–H groups in total. The molecule has 1 heterocycles. The van der Waals surface area contributed by atoms with Gasteiger partial charge in [-0.05, 0) is 54.1 Å². The van der Waals surface area contributed by atoms with Crippen LogP contribution in [0.4, 0.5) is 11.4 Å². The quantitative estimate of drug-likeness (QED) is 0.400. The van der Waals surface area contributed by atoms with E-state index < -0.39 is 11.8 Å². The summed E-state index contributed by atoms with van der Waals surface area (Å²) in [6, 6.07) is 18.9. The van der Waals surface area contributed by atoms with Gasteiger partial charge in [0.1, 0.15) is 5.75 Å². The predicted molar refractivity (Wildman–Crippen MR) is 141 cm³/mol. The monoisotopic (exact) mass is 545 g/mol. The average Bonchev–Trinajstić information content (AvgIpc) is 3.27. The van der Waals surface area contributed by atoms with Gasteiger partial charge in [0.05, 0.1) is 21.7 Å². The van der Waals surface area contributed by atoms with Crippen molar-refractivity contribution in [3.8, 4) is 5.75 Å². The third-order valence-corrected chi connectivity index (χ3v) is 6.69. The highest BCUT2D eigenvalue weighted by molar-refractivity contribution is 6.44. The number of hydrogen-bond acceptors (Lipinski definition) is 4. The van der Waals surface area contributed by atoms with Gasteiger partial charge in [-0.1, -0.05) is 53.0 Å². The highest BCUT2D eigenvalue weighted by atomic mass is 35.5. The molecular formula is C26H22Cl3N3O4. The number of nitrogens with one attached hydrogen (secondary N) is 2. The van der Waals surface area contributed by atoms with Crippen LogP contribution in [0.5, 0.6) is 5.75 Å². The fraction of sp³-hybridized carbons (Fsp3) is 0.192. The second-order valence-electron chi connectivity index (χ2n) is 8.18. The number of benzene rings is 3.